The van der Waals surface area contributed by atoms with Gasteiger partial charge in [0.15, 0.2) is 5.69 Å². The van der Waals surface area contributed by atoms with Gasteiger partial charge in [0.05, 0.1) is 5.54 Å². The Balaban J connectivity index is 1.43. The number of piperidine rings is 1. The van der Waals surface area contributed by atoms with Crippen molar-refractivity contribution in [3.05, 3.63) is 57.5 Å². The van der Waals surface area contributed by atoms with E-state index in [9.17, 15) is 33.1 Å². The fourth-order valence-electron chi connectivity index (χ4n) is 5.69. The molecule has 0 spiro atoms. The van der Waals surface area contributed by atoms with E-state index in [4.69, 9.17) is 0 Å². The highest BCUT2D eigenvalue weighted by Gasteiger charge is 2.48. The first-order chi connectivity index (χ1) is 18.2. The van der Waals surface area contributed by atoms with E-state index in [2.05, 4.69) is 15.6 Å². The molecule has 1 aliphatic carbocycles. The van der Waals surface area contributed by atoms with Crippen molar-refractivity contribution >= 4 is 17.7 Å². The Bertz CT molecular complexity index is 1320. The van der Waals surface area contributed by atoms with E-state index in [1.165, 1.54) is 33.7 Å². The van der Waals surface area contributed by atoms with Crippen molar-refractivity contribution < 1.29 is 28.3 Å². The topological polar surface area (TPSA) is 134 Å². The zero-order valence-electron chi connectivity index (χ0n) is 20.7. The molecule has 3 aliphatic rings. The molecule has 5 rings (SSSR count). The molecule has 10 nitrogen and oxygen atoms in total. The van der Waals surface area contributed by atoms with Crippen LogP contribution in [0.5, 0.6) is 5.75 Å². The first-order valence-electron chi connectivity index (χ1n) is 12.8. The molecule has 3 heterocycles. The number of aromatic nitrogens is 2. The molecule has 2 bridgehead atoms. The van der Waals surface area contributed by atoms with Crippen molar-refractivity contribution in [1.29, 1.82) is 0 Å². The van der Waals surface area contributed by atoms with E-state index in [0.717, 1.165) is 6.42 Å². The number of aromatic hydroxyl groups is 1. The van der Waals surface area contributed by atoms with Crippen LogP contribution in [-0.2, 0) is 28.2 Å². The predicted octanol–water partition coefficient (Wildman–Crippen LogP) is 1.49. The Labute approximate surface area is 217 Å². The van der Waals surface area contributed by atoms with Crippen molar-refractivity contribution in [3.63, 3.8) is 0 Å². The summed E-state index contributed by atoms with van der Waals surface area (Å²) in [4.78, 5) is 57.8. The average molecular weight is 530 g/mol. The summed E-state index contributed by atoms with van der Waals surface area (Å²) in [6, 6.07) is 5.47. The quantitative estimate of drug-likeness (QED) is 0.514. The van der Waals surface area contributed by atoms with Crippen molar-refractivity contribution in [2.24, 2.45) is 5.92 Å². The third kappa shape index (κ3) is 4.86. The smallest absolute Gasteiger partial charge is 0.311 e. The number of fused-ring (bicyclic) bond motifs is 4. The van der Waals surface area contributed by atoms with Gasteiger partial charge in [-0.05, 0) is 62.1 Å². The van der Waals surface area contributed by atoms with Gasteiger partial charge in [-0.3, -0.25) is 23.7 Å². The number of carbonyl (C=O) groups is 3. The molecule has 3 N–H and O–H groups in total. The Morgan fingerprint density at radius 2 is 1.79 bits per heavy atom. The number of halogens is 2. The van der Waals surface area contributed by atoms with Crippen LogP contribution in [0.15, 0.2) is 29.1 Å². The van der Waals surface area contributed by atoms with E-state index in [-0.39, 0.29) is 50.8 Å². The molecular weight excluding hydrogens is 500 g/mol. The highest BCUT2D eigenvalue weighted by molar-refractivity contribution is 6.35. The van der Waals surface area contributed by atoms with Gasteiger partial charge >= 0.3 is 11.8 Å². The maximum atomic E-state index is 13.5. The number of nitrogens with zero attached hydrogens (tertiary/aromatic N) is 3. The molecule has 1 saturated heterocycles. The van der Waals surface area contributed by atoms with Crippen LogP contribution in [0.4, 0.5) is 8.78 Å². The van der Waals surface area contributed by atoms with Gasteiger partial charge in [-0.1, -0.05) is 12.1 Å². The fraction of sp³-hybridized carbons (Fsp3) is 0.500. The molecule has 2 atom stereocenters. The first-order valence-corrected chi connectivity index (χ1v) is 12.8. The summed E-state index contributed by atoms with van der Waals surface area (Å²) in [6.07, 6.45) is 1.50. The molecule has 1 aromatic carbocycles. The van der Waals surface area contributed by atoms with Gasteiger partial charge in [0.2, 0.25) is 5.75 Å². The molecule has 202 valence electrons. The van der Waals surface area contributed by atoms with Gasteiger partial charge in [-0.25, -0.2) is 13.8 Å². The number of carbonyl (C=O) groups excluding carboxylic acids is 3. The normalized spacial score (nSPS) is 22.9. The van der Waals surface area contributed by atoms with Gasteiger partial charge in [-0.15, -0.1) is 0 Å². The Kier molecular flexibility index (Phi) is 6.89. The summed E-state index contributed by atoms with van der Waals surface area (Å²) in [7, 11) is 0. The second-order valence-corrected chi connectivity index (χ2v) is 10.3. The Morgan fingerprint density at radius 3 is 2.50 bits per heavy atom. The standard InChI is InChI=1S/C26H29F2N5O5/c27-17-3-1-16(2-4-17)14-29-21(35)19-20(34)23(37)33-12-6-15-5-9-26(13-15,25(33)30-19)31-22(36)24(38)32-10-7-18(28)8-11-32/h1-4,15,18,34H,5-14H2,(H,29,35)(H,31,36). The highest BCUT2D eigenvalue weighted by Crippen LogP contribution is 2.45. The molecule has 3 amide bonds. The lowest BCUT2D eigenvalue weighted by molar-refractivity contribution is -0.148. The van der Waals surface area contributed by atoms with Gasteiger partial charge in [0.1, 0.15) is 17.8 Å². The molecule has 12 heteroatoms. The number of hydrogen-bond acceptors (Lipinski definition) is 6. The van der Waals surface area contributed by atoms with E-state index in [1.54, 1.807) is 0 Å². The summed E-state index contributed by atoms with van der Waals surface area (Å²) < 4.78 is 28.0. The largest absolute Gasteiger partial charge is 0.501 e. The maximum Gasteiger partial charge on any atom is 0.311 e. The molecule has 2 aliphatic heterocycles. The Hall–Kier alpha value is -3.83. The summed E-state index contributed by atoms with van der Waals surface area (Å²) in [6.45, 7) is 0.534. The van der Waals surface area contributed by atoms with Crippen LogP contribution in [0.3, 0.4) is 0 Å². The maximum absolute atomic E-state index is 13.5. The molecule has 2 aromatic rings. The second-order valence-electron chi connectivity index (χ2n) is 10.3. The number of hydrogen-bond donors (Lipinski definition) is 3. The predicted molar refractivity (Wildman–Crippen MR) is 130 cm³/mol. The van der Waals surface area contributed by atoms with E-state index in [0.29, 0.717) is 24.8 Å². The number of nitrogens with one attached hydrogen (secondary N) is 2. The van der Waals surface area contributed by atoms with E-state index < -0.39 is 52.3 Å². The van der Waals surface area contributed by atoms with Crippen LogP contribution in [0.25, 0.3) is 0 Å². The zero-order valence-corrected chi connectivity index (χ0v) is 20.7. The van der Waals surface area contributed by atoms with Gasteiger partial charge in [-0.2, -0.15) is 0 Å². The highest BCUT2D eigenvalue weighted by atomic mass is 19.1. The number of benzene rings is 1. The summed E-state index contributed by atoms with van der Waals surface area (Å²) >= 11 is 0. The van der Waals surface area contributed by atoms with Crippen LogP contribution in [0.1, 0.15) is 60.4 Å². The average Bonchev–Trinajstić information content (AvgIpc) is 3.24. The second kappa shape index (κ2) is 10.1. The minimum absolute atomic E-state index is 0.00662. The van der Waals surface area contributed by atoms with Crippen molar-refractivity contribution in [2.45, 2.75) is 63.3 Å². The van der Waals surface area contributed by atoms with Crippen molar-refractivity contribution in [1.82, 2.24) is 25.1 Å². The summed E-state index contributed by atoms with van der Waals surface area (Å²) in [5.41, 5.74) is -1.87. The molecule has 1 aromatic heterocycles. The minimum atomic E-state index is -1.18. The van der Waals surface area contributed by atoms with Crippen LogP contribution in [0, 0.1) is 11.7 Å². The molecular formula is C26H29F2N5O5. The summed E-state index contributed by atoms with van der Waals surface area (Å²) in [5, 5.41) is 16.0. The number of rotatable bonds is 4. The third-order valence-corrected chi connectivity index (χ3v) is 7.79. The van der Waals surface area contributed by atoms with Gasteiger partial charge in [0.25, 0.3) is 11.5 Å². The van der Waals surface area contributed by atoms with Gasteiger partial charge in [0, 0.05) is 26.2 Å². The zero-order chi connectivity index (χ0) is 27.0. The van der Waals surface area contributed by atoms with Crippen LogP contribution in [-0.4, -0.2) is 56.5 Å². The van der Waals surface area contributed by atoms with E-state index >= 15 is 0 Å². The lowest BCUT2D eigenvalue weighted by Crippen LogP contribution is -2.54. The number of alkyl halides is 1. The Morgan fingerprint density at radius 1 is 1.08 bits per heavy atom. The molecule has 38 heavy (non-hydrogen) atoms. The number of likely N-dealkylation sites (tertiary alicyclic amines) is 1. The van der Waals surface area contributed by atoms with E-state index in [1.807, 2.05) is 0 Å². The van der Waals surface area contributed by atoms with Crippen LogP contribution >= 0.6 is 0 Å². The molecule has 2 fully saturated rings. The fourth-order valence-corrected chi connectivity index (χ4v) is 5.69. The molecule has 2 unspecified atom stereocenters. The molecule has 0 radical (unpaired) electrons. The SMILES string of the molecule is O=C(NC12CCC(CCn3c1nc(C(=O)NCc1ccc(F)cc1)c(O)c3=O)C2)C(=O)N1CCC(F)CC1. The lowest BCUT2D eigenvalue weighted by Gasteiger charge is -2.33. The minimum Gasteiger partial charge on any atom is -0.501 e. The van der Waals surface area contributed by atoms with Gasteiger partial charge < -0.3 is 20.6 Å². The van der Waals surface area contributed by atoms with Crippen LogP contribution < -0.4 is 16.2 Å². The van der Waals surface area contributed by atoms with Crippen molar-refractivity contribution in [3.8, 4) is 5.75 Å². The molecule has 1 saturated carbocycles. The first kappa shape index (κ1) is 25.8. The summed E-state index contributed by atoms with van der Waals surface area (Å²) in [5.74, 6) is -3.43. The monoisotopic (exact) mass is 529 g/mol. The third-order valence-electron chi connectivity index (χ3n) is 7.79. The number of amides is 3. The van der Waals surface area contributed by atoms with Crippen LogP contribution in [0.2, 0.25) is 0 Å². The lowest BCUT2D eigenvalue weighted by atomic mass is 9.94. The van der Waals surface area contributed by atoms with Crippen molar-refractivity contribution in [2.75, 3.05) is 13.1 Å².